The van der Waals surface area contributed by atoms with Gasteiger partial charge >= 0.3 is 6.61 Å². The number of ether oxygens (including phenoxy) is 1. The Kier molecular flexibility index (Phi) is 6.18. The van der Waals surface area contributed by atoms with Gasteiger partial charge in [0, 0.05) is 16.0 Å². The molecule has 31 heavy (non-hydrogen) atoms. The SMILES string of the molecule is CSc1ccc(C(O)c2nc3c(C)c(-c4ccccc4OC(F)F)c(Cl)cc3[nH]2)cc1. The Hall–Kier alpha value is -2.61. The second-order valence-corrected chi connectivity index (χ2v) is 8.21. The molecule has 3 aromatic carbocycles. The summed E-state index contributed by atoms with van der Waals surface area (Å²) in [5, 5.41) is 11.2. The van der Waals surface area contributed by atoms with Crippen LogP contribution in [-0.2, 0) is 0 Å². The number of aliphatic hydroxyl groups excluding tert-OH is 1. The van der Waals surface area contributed by atoms with Gasteiger partial charge in [0.25, 0.3) is 0 Å². The number of H-pyrrole nitrogens is 1. The number of imidazole rings is 1. The molecule has 2 N–H and O–H groups in total. The van der Waals surface area contributed by atoms with Crippen molar-refractivity contribution in [3.05, 3.63) is 76.6 Å². The fourth-order valence-corrected chi connectivity index (χ4v) is 4.33. The second kappa shape index (κ2) is 8.86. The zero-order valence-corrected chi connectivity index (χ0v) is 18.3. The number of nitrogens with zero attached hydrogens (tertiary/aromatic N) is 1. The number of thioether (sulfide) groups is 1. The highest BCUT2D eigenvalue weighted by Crippen LogP contribution is 2.41. The van der Waals surface area contributed by atoms with Gasteiger partial charge in [-0.3, -0.25) is 0 Å². The minimum Gasteiger partial charge on any atom is -0.434 e. The van der Waals surface area contributed by atoms with Gasteiger partial charge in [-0.2, -0.15) is 8.78 Å². The lowest BCUT2D eigenvalue weighted by molar-refractivity contribution is -0.0494. The number of hydrogen-bond acceptors (Lipinski definition) is 4. The van der Waals surface area contributed by atoms with Gasteiger partial charge < -0.3 is 14.8 Å². The molecule has 4 aromatic rings. The van der Waals surface area contributed by atoms with Gasteiger partial charge in [-0.05, 0) is 48.6 Å². The molecule has 0 aliphatic carbocycles. The molecule has 0 bridgehead atoms. The van der Waals surface area contributed by atoms with Crippen LogP contribution in [0, 0.1) is 6.92 Å². The van der Waals surface area contributed by atoms with Gasteiger partial charge in [-0.15, -0.1) is 11.8 Å². The minimum atomic E-state index is -2.95. The van der Waals surface area contributed by atoms with Gasteiger partial charge in [0.15, 0.2) is 0 Å². The van der Waals surface area contributed by atoms with Crippen molar-refractivity contribution in [3.8, 4) is 16.9 Å². The van der Waals surface area contributed by atoms with E-state index in [1.54, 1.807) is 36.0 Å². The lowest BCUT2D eigenvalue weighted by Gasteiger charge is -2.14. The molecule has 0 saturated heterocycles. The highest BCUT2D eigenvalue weighted by molar-refractivity contribution is 7.98. The number of aromatic amines is 1. The number of alkyl halides is 2. The molecular formula is C23H19ClF2N2O2S. The zero-order chi connectivity index (χ0) is 22.1. The summed E-state index contributed by atoms with van der Waals surface area (Å²) in [6, 6.07) is 15.8. The molecule has 1 unspecified atom stereocenters. The largest absolute Gasteiger partial charge is 0.434 e. The van der Waals surface area contributed by atoms with E-state index in [1.807, 2.05) is 37.4 Å². The van der Waals surface area contributed by atoms with Crippen molar-refractivity contribution < 1.29 is 18.6 Å². The first-order chi connectivity index (χ1) is 14.9. The number of rotatable bonds is 6. The van der Waals surface area contributed by atoms with Crippen LogP contribution in [0.25, 0.3) is 22.2 Å². The summed E-state index contributed by atoms with van der Waals surface area (Å²) >= 11 is 8.15. The molecule has 0 saturated carbocycles. The summed E-state index contributed by atoms with van der Waals surface area (Å²) in [5.41, 5.74) is 3.65. The molecule has 160 valence electrons. The number of para-hydroxylation sites is 1. The van der Waals surface area contributed by atoms with E-state index in [2.05, 4.69) is 14.7 Å². The molecule has 8 heteroatoms. The number of aryl methyl sites for hydroxylation is 1. The third-order valence-electron chi connectivity index (χ3n) is 5.05. The van der Waals surface area contributed by atoms with E-state index in [4.69, 9.17) is 11.6 Å². The molecule has 0 aliphatic rings. The Labute approximate surface area is 187 Å². The maximum atomic E-state index is 12.9. The molecule has 0 spiro atoms. The number of aromatic nitrogens is 2. The van der Waals surface area contributed by atoms with E-state index in [1.165, 1.54) is 6.07 Å². The third-order valence-corrected chi connectivity index (χ3v) is 6.09. The van der Waals surface area contributed by atoms with Crippen molar-refractivity contribution in [2.75, 3.05) is 6.26 Å². The van der Waals surface area contributed by atoms with Crippen LogP contribution in [0.3, 0.4) is 0 Å². The zero-order valence-electron chi connectivity index (χ0n) is 16.7. The van der Waals surface area contributed by atoms with E-state index in [9.17, 15) is 13.9 Å². The fourth-order valence-electron chi connectivity index (χ4n) is 3.57. The van der Waals surface area contributed by atoms with Gasteiger partial charge in [-0.25, -0.2) is 4.98 Å². The Bertz CT molecular complexity index is 1230. The smallest absolute Gasteiger partial charge is 0.387 e. The Morgan fingerprint density at radius 2 is 1.84 bits per heavy atom. The second-order valence-electron chi connectivity index (χ2n) is 6.93. The summed E-state index contributed by atoms with van der Waals surface area (Å²) in [4.78, 5) is 8.81. The molecule has 4 rings (SSSR count). The summed E-state index contributed by atoms with van der Waals surface area (Å²) in [6.45, 7) is -1.14. The molecular weight excluding hydrogens is 442 g/mol. The van der Waals surface area contributed by atoms with Crippen LogP contribution in [-0.4, -0.2) is 27.9 Å². The average Bonchev–Trinajstić information content (AvgIpc) is 3.18. The first kappa shape index (κ1) is 21.6. The molecule has 1 heterocycles. The quantitative estimate of drug-likeness (QED) is 0.318. The van der Waals surface area contributed by atoms with E-state index in [-0.39, 0.29) is 5.75 Å². The summed E-state index contributed by atoms with van der Waals surface area (Å²) in [5.74, 6) is 0.409. The third kappa shape index (κ3) is 4.26. The molecule has 0 amide bonds. The van der Waals surface area contributed by atoms with Crippen molar-refractivity contribution in [2.45, 2.75) is 24.5 Å². The van der Waals surface area contributed by atoms with E-state index >= 15 is 0 Å². The average molecular weight is 461 g/mol. The predicted octanol–water partition coefficient (Wildman–Crippen LogP) is 6.60. The van der Waals surface area contributed by atoms with Crippen LogP contribution in [0.2, 0.25) is 5.02 Å². The standard InChI is InChI=1S/C23H19ClF2N2O2S/c1-12-19(15-5-3-4-6-18(15)30-23(25)26)16(24)11-17-20(12)28-22(27-17)21(29)13-7-9-14(31-2)10-8-13/h3-11,21,23,29H,1-2H3,(H,27,28). The highest BCUT2D eigenvalue weighted by Gasteiger charge is 2.21. The van der Waals surface area contributed by atoms with Gasteiger partial charge in [0.05, 0.1) is 16.1 Å². The van der Waals surface area contributed by atoms with Crippen LogP contribution >= 0.6 is 23.4 Å². The first-order valence-corrected chi connectivity index (χ1v) is 11.0. The fraction of sp³-hybridized carbons (Fsp3) is 0.174. The molecule has 0 fully saturated rings. The summed E-state index contributed by atoms with van der Waals surface area (Å²) < 4.78 is 30.4. The topological polar surface area (TPSA) is 58.1 Å². The Morgan fingerprint density at radius 3 is 2.52 bits per heavy atom. The van der Waals surface area contributed by atoms with Crippen molar-refractivity contribution in [1.29, 1.82) is 0 Å². The minimum absolute atomic E-state index is 0.0338. The van der Waals surface area contributed by atoms with Crippen LogP contribution in [0.4, 0.5) is 8.78 Å². The molecule has 0 aliphatic heterocycles. The Balaban J connectivity index is 1.79. The van der Waals surface area contributed by atoms with E-state index in [0.29, 0.717) is 44.1 Å². The van der Waals surface area contributed by atoms with Gasteiger partial charge in [0.2, 0.25) is 0 Å². The number of aliphatic hydroxyl groups is 1. The van der Waals surface area contributed by atoms with Gasteiger partial charge in [-0.1, -0.05) is 41.9 Å². The van der Waals surface area contributed by atoms with Crippen LogP contribution in [0.1, 0.15) is 23.1 Å². The van der Waals surface area contributed by atoms with E-state index < -0.39 is 12.7 Å². The van der Waals surface area contributed by atoms with E-state index in [0.717, 1.165) is 4.90 Å². The van der Waals surface area contributed by atoms with Crippen LogP contribution in [0.15, 0.2) is 59.5 Å². The lowest BCUT2D eigenvalue weighted by Crippen LogP contribution is -2.03. The number of fused-ring (bicyclic) bond motifs is 1. The normalized spacial score (nSPS) is 12.5. The first-order valence-electron chi connectivity index (χ1n) is 9.44. The monoisotopic (exact) mass is 460 g/mol. The number of halogens is 3. The van der Waals surface area contributed by atoms with Crippen molar-refractivity contribution in [3.63, 3.8) is 0 Å². The molecule has 0 radical (unpaired) electrons. The molecule has 1 aromatic heterocycles. The number of nitrogens with one attached hydrogen (secondary N) is 1. The molecule has 1 atom stereocenters. The summed E-state index contributed by atoms with van der Waals surface area (Å²) in [7, 11) is 0. The Morgan fingerprint density at radius 1 is 1.13 bits per heavy atom. The maximum absolute atomic E-state index is 12.9. The lowest BCUT2D eigenvalue weighted by atomic mass is 9.98. The number of hydrogen-bond donors (Lipinski definition) is 2. The predicted molar refractivity (Wildman–Crippen MR) is 120 cm³/mol. The van der Waals surface area contributed by atoms with Crippen molar-refractivity contribution in [2.24, 2.45) is 0 Å². The molecule has 4 nitrogen and oxygen atoms in total. The number of benzene rings is 3. The van der Waals surface area contributed by atoms with Gasteiger partial charge in [0.1, 0.15) is 17.7 Å². The highest BCUT2D eigenvalue weighted by atomic mass is 35.5. The maximum Gasteiger partial charge on any atom is 0.387 e. The van der Waals surface area contributed by atoms with Crippen LogP contribution < -0.4 is 4.74 Å². The van der Waals surface area contributed by atoms with Crippen LogP contribution in [0.5, 0.6) is 5.75 Å². The van der Waals surface area contributed by atoms with Crippen molar-refractivity contribution in [1.82, 2.24) is 9.97 Å². The van der Waals surface area contributed by atoms with Crippen molar-refractivity contribution >= 4 is 34.4 Å². The summed E-state index contributed by atoms with van der Waals surface area (Å²) in [6.07, 6.45) is 1.04.